The molecule has 0 radical (unpaired) electrons. The van der Waals surface area contributed by atoms with Gasteiger partial charge in [0.05, 0.1) is 5.92 Å². The zero-order valence-corrected chi connectivity index (χ0v) is 16.6. The summed E-state index contributed by atoms with van der Waals surface area (Å²) >= 11 is 0. The third kappa shape index (κ3) is 4.10. The second-order valence-corrected chi connectivity index (χ2v) is 7.21. The second-order valence-electron chi connectivity index (χ2n) is 7.21. The van der Waals surface area contributed by atoms with Crippen LogP contribution in [-0.4, -0.2) is 58.0 Å². The van der Waals surface area contributed by atoms with Gasteiger partial charge in [-0.3, -0.25) is 13.9 Å². The lowest BCUT2D eigenvalue weighted by molar-refractivity contribution is -0.120. The lowest BCUT2D eigenvalue weighted by Crippen LogP contribution is -2.41. The number of amides is 1. The molecule has 1 amide bonds. The summed E-state index contributed by atoms with van der Waals surface area (Å²) < 4.78 is 3.58. The molecule has 11 heteroatoms. The van der Waals surface area contributed by atoms with Gasteiger partial charge in [0.2, 0.25) is 5.91 Å². The first-order valence-electron chi connectivity index (χ1n) is 9.93. The van der Waals surface area contributed by atoms with Crippen LogP contribution in [0.15, 0.2) is 62.2 Å². The molecule has 4 aromatic heterocycles. The molecule has 11 nitrogen and oxygen atoms in total. The molecule has 1 unspecified atom stereocenters. The molecule has 156 valence electrons. The number of hydrogen-bond donors (Lipinski definition) is 1. The first kappa shape index (κ1) is 18.9. The van der Waals surface area contributed by atoms with Gasteiger partial charge in [-0.05, 0) is 12.8 Å². The summed E-state index contributed by atoms with van der Waals surface area (Å²) in [7, 11) is 0. The SMILES string of the molecule is O=C(Nc1cc(-n2ccnc2)ncn1)C1CCCN(c2cc(-n3ccnc3)ncn2)C1. The summed E-state index contributed by atoms with van der Waals surface area (Å²) in [5, 5.41) is 2.92. The van der Waals surface area contributed by atoms with Crippen LogP contribution in [0.4, 0.5) is 11.6 Å². The molecule has 0 aromatic carbocycles. The Morgan fingerprint density at radius 2 is 1.58 bits per heavy atom. The minimum Gasteiger partial charge on any atom is -0.356 e. The van der Waals surface area contributed by atoms with E-state index in [2.05, 4.69) is 40.1 Å². The van der Waals surface area contributed by atoms with E-state index in [9.17, 15) is 4.79 Å². The van der Waals surface area contributed by atoms with E-state index in [1.807, 2.05) is 16.8 Å². The highest BCUT2D eigenvalue weighted by atomic mass is 16.2. The molecular formula is C20H20N10O. The van der Waals surface area contributed by atoms with Gasteiger partial charge in [0.15, 0.2) is 0 Å². The number of nitrogens with one attached hydrogen (secondary N) is 1. The summed E-state index contributed by atoms with van der Waals surface area (Å²) in [6.45, 7) is 1.41. The predicted molar refractivity (Wildman–Crippen MR) is 112 cm³/mol. The molecule has 31 heavy (non-hydrogen) atoms. The van der Waals surface area contributed by atoms with E-state index in [0.29, 0.717) is 18.2 Å². The summed E-state index contributed by atoms with van der Waals surface area (Å²) in [6, 6.07) is 3.63. The zero-order chi connectivity index (χ0) is 21.0. The van der Waals surface area contributed by atoms with Gasteiger partial charge in [-0.2, -0.15) is 0 Å². The molecule has 0 spiro atoms. The molecule has 0 bridgehead atoms. The van der Waals surface area contributed by atoms with Gasteiger partial charge in [-0.15, -0.1) is 0 Å². The van der Waals surface area contributed by atoms with Crippen LogP contribution in [0, 0.1) is 5.92 Å². The van der Waals surface area contributed by atoms with Crippen molar-refractivity contribution in [3.8, 4) is 11.6 Å². The lowest BCUT2D eigenvalue weighted by atomic mass is 9.97. The highest BCUT2D eigenvalue weighted by Gasteiger charge is 2.27. The maximum Gasteiger partial charge on any atom is 0.230 e. The van der Waals surface area contributed by atoms with E-state index in [-0.39, 0.29) is 11.8 Å². The van der Waals surface area contributed by atoms with Crippen LogP contribution in [0.25, 0.3) is 11.6 Å². The zero-order valence-electron chi connectivity index (χ0n) is 16.6. The van der Waals surface area contributed by atoms with E-state index < -0.39 is 0 Å². The van der Waals surface area contributed by atoms with Crippen molar-refractivity contribution in [2.45, 2.75) is 12.8 Å². The van der Waals surface area contributed by atoms with Crippen LogP contribution in [0.3, 0.4) is 0 Å². The first-order valence-corrected chi connectivity index (χ1v) is 9.93. The quantitative estimate of drug-likeness (QED) is 0.520. The number of imidazole rings is 2. The molecule has 1 aliphatic heterocycles. The molecule has 1 fully saturated rings. The molecule has 0 saturated carbocycles. The van der Waals surface area contributed by atoms with Crippen LogP contribution in [0.5, 0.6) is 0 Å². The fourth-order valence-electron chi connectivity index (χ4n) is 3.62. The number of anilines is 2. The minimum atomic E-state index is -0.174. The van der Waals surface area contributed by atoms with Crippen molar-refractivity contribution in [2.24, 2.45) is 5.92 Å². The summed E-state index contributed by atoms with van der Waals surface area (Å²) in [6.07, 6.45) is 15.0. The van der Waals surface area contributed by atoms with Crippen molar-refractivity contribution in [1.29, 1.82) is 0 Å². The maximum atomic E-state index is 12.9. The number of carbonyl (C=O) groups excluding carboxylic acids is 1. The number of hydrogen-bond acceptors (Lipinski definition) is 8. The van der Waals surface area contributed by atoms with E-state index in [0.717, 1.165) is 31.0 Å². The van der Waals surface area contributed by atoms with Crippen molar-refractivity contribution in [1.82, 2.24) is 39.0 Å². The van der Waals surface area contributed by atoms with Crippen molar-refractivity contribution in [3.05, 3.63) is 62.2 Å². The Bertz CT molecular complexity index is 1160. The van der Waals surface area contributed by atoms with Crippen LogP contribution < -0.4 is 10.2 Å². The van der Waals surface area contributed by atoms with Crippen molar-refractivity contribution in [3.63, 3.8) is 0 Å². The third-order valence-electron chi connectivity index (χ3n) is 5.20. The van der Waals surface area contributed by atoms with Crippen LogP contribution in [-0.2, 0) is 4.79 Å². The van der Waals surface area contributed by atoms with Gasteiger partial charge in [0.25, 0.3) is 0 Å². The average Bonchev–Trinajstić information content (AvgIpc) is 3.54. The molecule has 5 rings (SSSR count). The van der Waals surface area contributed by atoms with E-state index in [4.69, 9.17) is 0 Å². The Morgan fingerprint density at radius 1 is 0.903 bits per heavy atom. The van der Waals surface area contributed by atoms with Crippen molar-refractivity contribution in [2.75, 3.05) is 23.3 Å². The van der Waals surface area contributed by atoms with Gasteiger partial charge in [0, 0.05) is 50.0 Å². The number of piperidine rings is 1. The number of nitrogens with zero attached hydrogens (tertiary/aromatic N) is 9. The largest absolute Gasteiger partial charge is 0.356 e. The van der Waals surface area contributed by atoms with Crippen LogP contribution in [0.1, 0.15) is 12.8 Å². The summed E-state index contributed by atoms with van der Waals surface area (Å²) in [4.78, 5) is 40.2. The molecule has 0 aliphatic carbocycles. The predicted octanol–water partition coefficient (Wildman–Crippen LogP) is 1.49. The fourth-order valence-corrected chi connectivity index (χ4v) is 3.62. The second kappa shape index (κ2) is 8.30. The van der Waals surface area contributed by atoms with Crippen LogP contribution in [0.2, 0.25) is 0 Å². The van der Waals surface area contributed by atoms with Crippen molar-refractivity contribution >= 4 is 17.5 Å². The Balaban J connectivity index is 1.28. The lowest BCUT2D eigenvalue weighted by Gasteiger charge is -2.32. The highest BCUT2D eigenvalue weighted by Crippen LogP contribution is 2.23. The van der Waals surface area contributed by atoms with Gasteiger partial charge >= 0.3 is 0 Å². The third-order valence-corrected chi connectivity index (χ3v) is 5.20. The van der Waals surface area contributed by atoms with Crippen LogP contribution >= 0.6 is 0 Å². The molecule has 1 atom stereocenters. The summed E-state index contributed by atoms with van der Waals surface area (Å²) in [5.41, 5.74) is 0. The summed E-state index contributed by atoms with van der Waals surface area (Å²) in [5.74, 6) is 2.39. The molecule has 1 saturated heterocycles. The van der Waals surface area contributed by atoms with Gasteiger partial charge in [-0.25, -0.2) is 29.9 Å². The van der Waals surface area contributed by atoms with E-state index in [1.54, 1.807) is 41.9 Å². The molecular weight excluding hydrogens is 396 g/mol. The highest BCUT2D eigenvalue weighted by molar-refractivity contribution is 5.92. The van der Waals surface area contributed by atoms with Crippen molar-refractivity contribution < 1.29 is 4.79 Å². The molecule has 4 aromatic rings. The topological polar surface area (TPSA) is 120 Å². The maximum absolute atomic E-state index is 12.9. The van der Waals surface area contributed by atoms with E-state index in [1.165, 1.54) is 12.7 Å². The Labute approximate surface area is 177 Å². The first-order chi connectivity index (χ1) is 15.3. The van der Waals surface area contributed by atoms with Gasteiger partial charge in [0.1, 0.15) is 48.6 Å². The Hall–Kier alpha value is -4.15. The monoisotopic (exact) mass is 416 g/mol. The van der Waals surface area contributed by atoms with E-state index >= 15 is 0 Å². The number of rotatable bonds is 5. The minimum absolute atomic E-state index is 0.0659. The number of carbonyl (C=O) groups is 1. The standard InChI is InChI=1S/C20H20N10O/c31-20(27-16-8-17(24-11-23-16)29-6-3-21-13-29)15-2-1-5-28(10-15)18-9-19(26-12-25-18)30-7-4-22-14-30/h3-4,6-9,11-15H,1-2,5,10H2,(H,23,24,27,31). The molecule has 1 aliphatic rings. The molecule has 5 heterocycles. The molecule has 1 N–H and O–H groups in total. The normalized spacial score (nSPS) is 16.3. The Kier molecular flexibility index (Phi) is 5.05. The van der Waals surface area contributed by atoms with Gasteiger partial charge in [-0.1, -0.05) is 0 Å². The smallest absolute Gasteiger partial charge is 0.230 e. The fraction of sp³-hybridized carbons (Fsp3) is 0.250. The Morgan fingerprint density at radius 3 is 2.29 bits per heavy atom. The number of aromatic nitrogens is 8. The average molecular weight is 416 g/mol. The van der Waals surface area contributed by atoms with Gasteiger partial charge < -0.3 is 10.2 Å².